The number of carbonyl (C=O) groups excluding carboxylic acids is 16. The van der Waals surface area contributed by atoms with Crippen molar-refractivity contribution in [1.82, 2.24) is 79.8 Å². The van der Waals surface area contributed by atoms with Crippen LogP contribution < -0.4 is 103 Å². The van der Waals surface area contributed by atoms with Crippen LogP contribution in [0.5, 0.6) is 5.75 Å². The summed E-state index contributed by atoms with van der Waals surface area (Å²) in [6.45, 7) is 2.58. The smallest absolute Gasteiger partial charge is 0.303 e. The van der Waals surface area contributed by atoms with Gasteiger partial charge in [-0.2, -0.15) is 25.3 Å². The van der Waals surface area contributed by atoms with E-state index in [1.54, 1.807) is 48.5 Å². The maximum Gasteiger partial charge on any atom is 0.303 e. The van der Waals surface area contributed by atoms with E-state index in [9.17, 15) is 122 Å². The van der Waals surface area contributed by atoms with Crippen molar-refractivity contribution in [2.24, 2.45) is 17.4 Å². The molecule has 0 bridgehead atoms. The van der Waals surface area contributed by atoms with E-state index < -0.39 is 280 Å². The zero-order chi connectivity index (χ0) is 90.6. The lowest BCUT2D eigenvalue weighted by Crippen LogP contribution is -2.62. The number of phenols is 1. The summed E-state index contributed by atoms with van der Waals surface area (Å²) in [5.74, 6) is -17.8. The first-order valence-electron chi connectivity index (χ1n) is 37.5. The third-order valence-electron chi connectivity index (χ3n) is 17.6. The second-order valence-corrected chi connectivity index (χ2v) is 28.1. The molecule has 16 amide bonds. The minimum absolute atomic E-state index is 0.0292. The number of carbonyl (C=O) groups is 19. The maximum atomic E-state index is 14.6. The molecule has 0 saturated heterocycles. The lowest BCUT2D eigenvalue weighted by molar-refractivity contribution is -0.139. The molecule has 0 heterocycles. The number of aliphatic hydroxyl groups excluding tert-OH is 2. The fraction of sp³-hybridized carbons (Fsp3) is 0.473. The first-order valence-corrected chi connectivity index (χ1v) is 38.7. The lowest BCUT2D eigenvalue weighted by atomic mass is 9.97. The molecule has 3 aromatic carbocycles. The molecule has 3 aromatic rings. The lowest BCUT2D eigenvalue weighted by Gasteiger charge is -2.28. The molecular weight excluding hydrogens is 1640 g/mol. The molecule has 0 saturated carbocycles. The van der Waals surface area contributed by atoms with Crippen molar-refractivity contribution < 1.29 is 127 Å². The van der Waals surface area contributed by atoms with Crippen LogP contribution in [0.2, 0.25) is 0 Å². The Labute approximate surface area is 703 Å². The van der Waals surface area contributed by atoms with Gasteiger partial charge >= 0.3 is 17.9 Å². The first-order chi connectivity index (χ1) is 57.2. The van der Waals surface area contributed by atoms with Crippen molar-refractivity contribution in [3.05, 3.63) is 102 Å². The number of anilines is 1. The zero-order valence-corrected chi connectivity index (χ0v) is 67.7. The molecule has 121 heavy (non-hydrogen) atoms. The number of amides is 16. The van der Waals surface area contributed by atoms with Crippen LogP contribution in [0.3, 0.4) is 0 Å². The van der Waals surface area contributed by atoms with Crippen LogP contribution in [0.25, 0.3) is 5.57 Å². The van der Waals surface area contributed by atoms with Crippen LogP contribution in [0.15, 0.2) is 85.4 Å². The molecule has 664 valence electrons. The summed E-state index contributed by atoms with van der Waals surface area (Å²) >= 11 is 8.52. The second kappa shape index (κ2) is 53.8. The Morgan fingerprint density at radius 2 is 0.835 bits per heavy atom. The van der Waals surface area contributed by atoms with Crippen molar-refractivity contribution in [1.29, 1.82) is 0 Å². The van der Waals surface area contributed by atoms with Crippen molar-refractivity contribution in [3.63, 3.8) is 0 Å². The molecule has 13 atom stereocenters. The van der Waals surface area contributed by atoms with Gasteiger partial charge in [-0.3, -0.25) is 95.9 Å². The van der Waals surface area contributed by atoms with Gasteiger partial charge in [-0.15, -0.1) is 0 Å². The summed E-state index contributed by atoms with van der Waals surface area (Å²) in [7, 11) is 0. The van der Waals surface area contributed by atoms with Crippen LogP contribution in [0.4, 0.5) is 5.69 Å². The van der Waals surface area contributed by atoms with E-state index in [0.717, 1.165) is 13.8 Å². The highest BCUT2D eigenvalue weighted by Crippen LogP contribution is 2.24. The Kier molecular flexibility index (Phi) is 45.6. The summed E-state index contributed by atoms with van der Waals surface area (Å²) in [5, 5.41) is 94.7. The van der Waals surface area contributed by atoms with Crippen LogP contribution in [0.1, 0.15) is 94.7 Å². The molecule has 0 aliphatic heterocycles. The second-order valence-electron chi connectivity index (χ2n) is 27.3. The van der Waals surface area contributed by atoms with Crippen molar-refractivity contribution in [2.75, 3.05) is 56.6 Å². The zero-order valence-electron chi connectivity index (χ0n) is 65.9. The molecule has 3 rings (SSSR count). The quantitative estimate of drug-likeness (QED) is 0.0108. The third kappa shape index (κ3) is 39.2. The van der Waals surface area contributed by atoms with Gasteiger partial charge in [0.05, 0.1) is 44.4 Å². The predicted molar refractivity (Wildman–Crippen MR) is 434 cm³/mol. The van der Waals surface area contributed by atoms with E-state index in [1.165, 1.54) is 30.3 Å². The van der Waals surface area contributed by atoms with Gasteiger partial charge in [-0.25, -0.2) is 5.90 Å². The number of aliphatic carboxylic acids is 3. The number of nitrogen functional groups attached to an aromatic ring is 1. The number of aromatic hydroxyl groups is 1. The Balaban J connectivity index is 1.80. The summed E-state index contributed by atoms with van der Waals surface area (Å²) < 4.78 is 0. The SMILES string of the molecule is C=C(C[C@H](NC(=O)[C@H](CS)NC(=O)[C@H](CCC(=O)O)NC(=O)[C@@H](N)Cc1ccccc1)C(=O)N[C@@H](CS)C(=O)N[C@@H](Cc1ccc(O)cc1)C(=O)N[C@@H](CCC(=O)O)C(=O)NC(C(=O)N[C@@H](CCC(=O)O)C(=O)NCC(=O)N[C@H](C(=O)NCC(=O)NCC(=O)NCC(=O)N[C@@H](CCCCNC(=O)CON)C(N)=O)C(C)O)C(C)O)c1ccccc1N. The summed E-state index contributed by atoms with van der Waals surface area (Å²) in [6.07, 6.45) is -8.06. The highest BCUT2D eigenvalue weighted by atomic mass is 32.1. The number of thiol groups is 2. The summed E-state index contributed by atoms with van der Waals surface area (Å²) in [4.78, 5) is 254. The molecule has 3 unspecified atom stereocenters. The van der Waals surface area contributed by atoms with Crippen LogP contribution in [0, 0.1) is 0 Å². The number of carboxylic acid groups (broad SMARTS) is 3. The minimum atomic E-state index is -2.13. The normalized spacial score (nSPS) is 14.1. The van der Waals surface area contributed by atoms with Crippen molar-refractivity contribution in [3.8, 4) is 5.75 Å². The number of hydrogen-bond acceptors (Lipinski definition) is 28. The molecule has 0 radical (unpaired) electrons. The number of rotatable bonds is 56. The maximum absolute atomic E-state index is 14.6. The van der Waals surface area contributed by atoms with E-state index in [1.807, 2.05) is 0 Å². The number of unbranched alkanes of at least 4 members (excludes halogenated alkanes) is 1. The van der Waals surface area contributed by atoms with E-state index in [4.69, 9.17) is 23.1 Å². The fourth-order valence-electron chi connectivity index (χ4n) is 11.0. The standard InChI is InChI=1S/C74H105N19O26S2/c1-37(43-13-7-8-14-44(43)75)27-50(88-71(115)52(35-120)90-67(111)48(21-24-60(104)105)85-65(109)45(76)28-40-11-5-4-6-12-40)69(113)91-53(36-121)72(116)89-51(29-41-16-18-42(96)19-17-41)70(114)86-49(22-25-61(106)107)68(112)93-63(39(3)95)74(118)87-47(20-23-59(102)103)66(110)82-33-57(100)92-62(38(2)94)73(117)83-31-55(98)80-30-54(97)81-32-56(99)84-46(64(77)108)15-9-10-26-79-58(101)34-119-78/h4-8,11-14,16-19,38-39,45-53,62-63,94-96,120-121H,1,9-10,15,20-36,75-76,78H2,2-3H3,(H2,77,108)(H,79,101)(H,80,98)(H,81,97)(H,82,110)(H,83,117)(H,84,99)(H,85,109)(H,86,114)(H,87,118)(H,88,115)(H,89,116)(H,90,111)(H,91,113)(H,92,100)(H,93,112)(H,102,103)(H,104,105)(H,106,107)/t38?,39?,45-,46-,47-,48-,49-,50-,51-,52-,53-,62-,63?/m0/s1. The van der Waals surface area contributed by atoms with E-state index in [2.05, 4.69) is 116 Å². The summed E-state index contributed by atoms with van der Waals surface area (Å²) in [5.41, 5.74) is 19.3. The van der Waals surface area contributed by atoms with Crippen molar-refractivity contribution in [2.45, 2.75) is 170 Å². The fourth-order valence-corrected chi connectivity index (χ4v) is 11.5. The topological polar surface area (TPSA) is 739 Å². The van der Waals surface area contributed by atoms with Crippen LogP contribution in [-0.2, 0) is 109 Å². The van der Waals surface area contributed by atoms with Gasteiger partial charge in [0, 0.05) is 61.4 Å². The third-order valence-corrected chi connectivity index (χ3v) is 18.3. The number of benzene rings is 3. The molecule has 0 aliphatic carbocycles. The number of nitrogens with one attached hydrogen (secondary N) is 15. The van der Waals surface area contributed by atoms with E-state index in [-0.39, 0.29) is 48.6 Å². The highest BCUT2D eigenvalue weighted by Gasteiger charge is 2.38. The van der Waals surface area contributed by atoms with Gasteiger partial charge in [0.25, 0.3) is 0 Å². The number of aliphatic hydroxyl groups is 2. The molecular formula is C74H105N19O26S2. The van der Waals surface area contributed by atoms with Gasteiger partial charge in [0.2, 0.25) is 94.5 Å². The molecule has 0 spiro atoms. The first kappa shape index (κ1) is 103. The monoisotopic (exact) mass is 1740 g/mol. The number of nitrogens with two attached hydrogens (primary N) is 4. The number of primary amides is 1. The van der Waals surface area contributed by atoms with Crippen molar-refractivity contribution >= 4 is 149 Å². The van der Waals surface area contributed by atoms with Gasteiger partial charge < -0.3 is 128 Å². The number of carboxylic acids is 3. The molecule has 47 heteroatoms. The molecule has 0 fully saturated rings. The Bertz CT molecular complexity index is 4130. The van der Waals surface area contributed by atoms with Gasteiger partial charge in [0.1, 0.15) is 72.8 Å². The Morgan fingerprint density at radius 1 is 0.421 bits per heavy atom. The van der Waals surface area contributed by atoms with Gasteiger partial charge in [0.15, 0.2) is 0 Å². The molecule has 0 aromatic heterocycles. The molecule has 45 nitrogen and oxygen atoms in total. The van der Waals surface area contributed by atoms with E-state index in [0.29, 0.717) is 24.0 Å². The summed E-state index contributed by atoms with van der Waals surface area (Å²) in [6, 6.07) is 1.24. The molecule has 29 N–H and O–H groups in total. The largest absolute Gasteiger partial charge is 0.508 e. The Hall–Kier alpha value is -12.6. The van der Waals surface area contributed by atoms with E-state index >= 15 is 0 Å². The highest BCUT2D eigenvalue weighted by molar-refractivity contribution is 7.80. The molecule has 0 aliphatic rings. The average molecular weight is 1740 g/mol. The number of hydrogen-bond donors (Lipinski definition) is 27. The Morgan fingerprint density at radius 3 is 1.36 bits per heavy atom. The minimum Gasteiger partial charge on any atom is -0.508 e. The van der Waals surface area contributed by atoms with Gasteiger partial charge in [-0.1, -0.05) is 67.2 Å². The number of phenolic OH excluding ortho intramolecular Hbond substituents is 1. The average Bonchev–Trinajstić information content (AvgIpc) is 0.844. The van der Waals surface area contributed by atoms with Gasteiger partial charge in [-0.05, 0) is 93.7 Å². The van der Waals surface area contributed by atoms with Crippen LogP contribution >= 0.6 is 25.3 Å². The predicted octanol–water partition coefficient (Wildman–Crippen LogP) is -8.62. The van der Waals surface area contributed by atoms with Crippen LogP contribution in [-0.4, -0.2) is 273 Å². The number of para-hydroxylation sites is 1.